The molecule has 152 valence electrons. The lowest BCUT2D eigenvalue weighted by Gasteiger charge is -2.24. The van der Waals surface area contributed by atoms with Gasteiger partial charge in [0.25, 0.3) is 5.91 Å². The minimum absolute atomic E-state index is 0.0729. The average Bonchev–Trinajstić information content (AvgIpc) is 3.15. The predicted octanol–water partition coefficient (Wildman–Crippen LogP) is 2.53. The highest BCUT2D eigenvalue weighted by molar-refractivity contribution is 8.15. The van der Waals surface area contributed by atoms with Gasteiger partial charge in [-0.25, -0.2) is 8.42 Å². The number of ether oxygens (including phenoxy) is 1. The molecule has 4 rings (SSSR count). The maximum atomic E-state index is 12.6. The minimum atomic E-state index is -3.05. The number of hydrogen-bond acceptors (Lipinski definition) is 5. The van der Waals surface area contributed by atoms with Crippen molar-refractivity contribution in [2.75, 3.05) is 18.6 Å². The lowest BCUT2D eigenvalue weighted by Crippen LogP contribution is -2.37. The Hall–Kier alpha value is -2.32. The third-order valence-electron chi connectivity index (χ3n) is 5.11. The second-order valence-corrected chi connectivity index (χ2v) is 10.6. The summed E-state index contributed by atoms with van der Waals surface area (Å²) >= 11 is 1.41. The van der Waals surface area contributed by atoms with Gasteiger partial charge in [0.15, 0.2) is 15.0 Å². The van der Waals surface area contributed by atoms with Crippen LogP contribution in [0.1, 0.15) is 11.1 Å². The fourth-order valence-electron chi connectivity index (χ4n) is 3.66. The number of sulfone groups is 1. The molecule has 2 fully saturated rings. The van der Waals surface area contributed by atoms with Crippen molar-refractivity contribution in [2.24, 2.45) is 4.99 Å². The van der Waals surface area contributed by atoms with E-state index in [0.717, 1.165) is 16.9 Å². The molecule has 0 unspecified atom stereocenters. The molecule has 0 N–H and O–H groups in total. The number of hydrogen-bond donors (Lipinski definition) is 0. The van der Waals surface area contributed by atoms with E-state index < -0.39 is 9.84 Å². The summed E-state index contributed by atoms with van der Waals surface area (Å²) in [6.45, 7) is 0.541. The van der Waals surface area contributed by atoms with Crippen molar-refractivity contribution in [3.05, 3.63) is 65.7 Å². The Labute approximate surface area is 174 Å². The molecule has 0 bridgehead atoms. The van der Waals surface area contributed by atoms with Crippen molar-refractivity contribution in [2.45, 2.75) is 24.3 Å². The summed E-state index contributed by atoms with van der Waals surface area (Å²) in [5.74, 6) is 0.753. The van der Waals surface area contributed by atoms with Crippen molar-refractivity contribution in [3.63, 3.8) is 0 Å². The van der Waals surface area contributed by atoms with Crippen LogP contribution in [0.15, 0.2) is 59.6 Å². The zero-order valence-electron chi connectivity index (χ0n) is 16.0. The number of nitrogens with zero attached hydrogens (tertiary/aromatic N) is 2. The molecular formula is C21H22N2O4S2. The summed E-state index contributed by atoms with van der Waals surface area (Å²) in [6, 6.07) is 17.0. The van der Waals surface area contributed by atoms with Crippen LogP contribution in [0.5, 0.6) is 5.75 Å². The molecule has 1 amide bonds. The molecule has 2 heterocycles. The first-order valence-corrected chi connectivity index (χ1v) is 12.1. The first-order valence-electron chi connectivity index (χ1n) is 9.35. The Balaban J connectivity index is 1.54. The molecule has 0 radical (unpaired) electrons. The Kier molecular flexibility index (Phi) is 5.65. The van der Waals surface area contributed by atoms with Crippen molar-refractivity contribution in [3.8, 4) is 5.75 Å². The molecule has 0 saturated carbocycles. The average molecular weight is 431 g/mol. The van der Waals surface area contributed by atoms with Gasteiger partial charge in [0.2, 0.25) is 0 Å². The molecule has 0 aliphatic carbocycles. The number of aliphatic imine (C=N–C) groups is 1. The number of fused-ring (bicyclic) bond motifs is 1. The molecule has 0 aromatic heterocycles. The maximum Gasteiger partial charge on any atom is 0.252 e. The monoisotopic (exact) mass is 430 g/mol. The zero-order chi connectivity index (χ0) is 20.4. The van der Waals surface area contributed by atoms with E-state index >= 15 is 0 Å². The molecule has 0 spiro atoms. The van der Waals surface area contributed by atoms with Crippen molar-refractivity contribution in [1.29, 1.82) is 0 Å². The first kappa shape index (κ1) is 20.0. The summed E-state index contributed by atoms with van der Waals surface area (Å²) in [7, 11) is -1.45. The van der Waals surface area contributed by atoms with E-state index in [1.165, 1.54) is 11.8 Å². The van der Waals surface area contributed by atoms with Gasteiger partial charge in [-0.2, -0.15) is 4.99 Å². The number of amidine groups is 1. The number of carbonyl (C=O) groups excluding carboxylic acids is 1. The molecular weight excluding hydrogens is 408 g/mol. The van der Waals surface area contributed by atoms with Gasteiger partial charge in [-0.15, -0.1) is 0 Å². The lowest BCUT2D eigenvalue weighted by molar-refractivity contribution is -0.117. The predicted molar refractivity (Wildman–Crippen MR) is 115 cm³/mol. The molecule has 2 atom stereocenters. The van der Waals surface area contributed by atoms with E-state index in [4.69, 9.17) is 4.74 Å². The van der Waals surface area contributed by atoms with E-state index in [-0.39, 0.29) is 35.1 Å². The number of methoxy groups -OCH3 is 1. The topological polar surface area (TPSA) is 76.0 Å². The summed E-state index contributed by atoms with van der Waals surface area (Å²) in [5, 5.41) is 0.550. The number of benzene rings is 2. The normalized spacial score (nSPS) is 23.9. The Bertz CT molecular complexity index is 1020. The van der Waals surface area contributed by atoms with Crippen LogP contribution in [0.4, 0.5) is 0 Å². The van der Waals surface area contributed by atoms with Gasteiger partial charge >= 0.3 is 0 Å². The quantitative estimate of drug-likeness (QED) is 0.726. The molecule has 6 nitrogen and oxygen atoms in total. The van der Waals surface area contributed by atoms with Crippen LogP contribution in [-0.2, 0) is 27.6 Å². The Morgan fingerprint density at radius 3 is 2.52 bits per heavy atom. The van der Waals surface area contributed by atoms with Crippen LogP contribution >= 0.6 is 11.8 Å². The second kappa shape index (κ2) is 8.20. The van der Waals surface area contributed by atoms with Gasteiger partial charge in [-0.3, -0.25) is 4.79 Å². The SMILES string of the molecule is COc1ccc(CC(=O)N=C2S[C@@H]3CS(=O)(=O)C[C@@H]3N2Cc2ccccc2)cc1. The van der Waals surface area contributed by atoms with Crippen LogP contribution in [0, 0.1) is 0 Å². The van der Waals surface area contributed by atoms with Crippen LogP contribution in [-0.4, -0.2) is 54.3 Å². The molecule has 8 heteroatoms. The molecule has 2 aromatic rings. The Morgan fingerprint density at radius 1 is 1.10 bits per heavy atom. The molecule has 2 aliphatic rings. The summed E-state index contributed by atoms with van der Waals surface area (Å²) in [6.07, 6.45) is 0.195. The van der Waals surface area contributed by atoms with Gasteiger partial charge in [-0.05, 0) is 23.3 Å². The largest absolute Gasteiger partial charge is 0.497 e. The highest BCUT2D eigenvalue weighted by Crippen LogP contribution is 2.39. The lowest BCUT2D eigenvalue weighted by atomic mass is 10.1. The number of rotatable bonds is 5. The van der Waals surface area contributed by atoms with Crippen molar-refractivity contribution >= 4 is 32.7 Å². The van der Waals surface area contributed by atoms with Gasteiger partial charge in [0, 0.05) is 11.8 Å². The molecule has 29 heavy (non-hydrogen) atoms. The first-order chi connectivity index (χ1) is 13.9. The van der Waals surface area contributed by atoms with Crippen LogP contribution < -0.4 is 4.74 Å². The van der Waals surface area contributed by atoms with Gasteiger partial charge in [0.05, 0.1) is 31.1 Å². The number of carbonyl (C=O) groups is 1. The zero-order valence-corrected chi connectivity index (χ0v) is 17.7. The van der Waals surface area contributed by atoms with Crippen LogP contribution in [0.2, 0.25) is 0 Å². The van der Waals surface area contributed by atoms with Gasteiger partial charge in [0.1, 0.15) is 5.75 Å². The highest BCUT2D eigenvalue weighted by atomic mass is 32.2. The molecule has 2 aliphatic heterocycles. The number of thioether (sulfide) groups is 1. The second-order valence-electron chi connectivity index (χ2n) is 7.23. The third kappa shape index (κ3) is 4.64. The molecule has 2 aromatic carbocycles. The maximum absolute atomic E-state index is 12.6. The summed E-state index contributed by atoms with van der Waals surface area (Å²) < 4.78 is 29.4. The smallest absolute Gasteiger partial charge is 0.252 e. The molecule has 2 saturated heterocycles. The summed E-state index contributed by atoms with van der Waals surface area (Å²) in [4.78, 5) is 18.9. The highest BCUT2D eigenvalue weighted by Gasteiger charge is 2.48. The fraction of sp³-hybridized carbons (Fsp3) is 0.333. The third-order valence-corrected chi connectivity index (χ3v) is 8.35. The van der Waals surface area contributed by atoms with Crippen molar-refractivity contribution < 1.29 is 17.9 Å². The van der Waals surface area contributed by atoms with Crippen molar-refractivity contribution in [1.82, 2.24) is 4.90 Å². The Morgan fingerprint density at radius 2 is 1.83 bits per heavy atom. The van der Waals surface area contributed by atoms with Crippen LogP contribution in [0.25, 0.3) is 0 Å². The van der Waals surface area contributed by atoms with E-state index in [1.807, 2.05) is 59.5 Å². The van der Waals surface area contributed by atoms with E-state index in [2.05, 4.69) is 4.99 Å². The van der Waals surface area contributed by atoms with E-state index in [0.29, 0.717) is 11.7 Å². The minimum Gasteiger partial charge on any atom is -0.497 e. The van der Waals surface area contributed by atoms with Crippen LogP contribution in [0.3, 0.4) is 0 Å². The summed E-state index contributed by atoms with van der Waals surface area (Å²) in [5.41, 5.74) is 1.92. The standard InChI is InChI=1S/C21H22N2O4S2/c1-27-17-9-7-15(8-10-17)11-20(24)22-21-23(12-16-5-3-2-4-6-16)18-13-29(25,26)14-19(18)28-21/h2-10,18-19H,11-14H2,1H3/t18-,19+/m0/s1. The van der Waals surface area contributed by atoms with E-state index in [1.54, 1.807) is 7.11 Å². The number of amides is 1. The van der Waals surface area contributed by atoms with Gasteiger partial charge in [-0.1, -0.05) is 54.2 Å². The van der Waals surface area contributed by atoms with E-state index in [9.17, 15) is 13.2 Å². The fourth-order valence-corrected chi connectivity index (χ4v) is 7.63. The van der Waals surface area contributed by atoms with Gasteiger partial charge < -0.3 is 9.64 Å².